The maximum absolute atomic E-state index is 5.56. The second kappa shape index (κ2) is 9.26. The topological polar surface area (TPSA) is 15.5 Å². The smallest absolute Gasteiger partial charge is 0.209 e. The lowest BCUT2D eigenvalue weighted by molar-refractivity contribution is -0.438. The van der Waals surface area contributed by atoms with Crippen molar-refractivity contribution in [1.82, 2.24) is 4.90 Å². The van der Waals surface area contributed by atoms with Crippen LogP contribution in [0.25, 0.3) is 0 Å². The molecule has 30 heavy (non-hydrogen) atoms. The van der Waals surface area contributed by atoms with Crippen LogP contribution in [0.4, 0.5) is 5.69 Å². The van der Waals surface area contributed by atoms with Gasteiger partial charge in [0.15, 0.2) is 5.71 Å². The van der Waals surface area contributed by atoms with Gasteiger partial charge in [0, 0.05) is 43.4 Å². The van der Waals surface area contributed by atoms with Crippen molar-refractivity contribution in [3.05, 3.63) is 42.1 Å². The van der Waals surface area contributed by atoms with E-state index in [-0.39, 0.29) is 5.41 Å². The van der Waals surface area contributed by atoms with E-state index in [1.165, 1.54) is 82.9 Å². The van der Waals surface area contributed by atoms with E-state index in [2.05, 4.69) is 46.0 Å². The van der Waals surface area contributed by atoms with Gasteiger partial charge in [0.2, 0.25) is 5.69 Å². The number of nitrogens with zero attached hydrogens (tertiary/aromatic N) is 2. The van der Waals surface area contributed by atoms with E-state index >= 15 is 0 Å². The average Bonchev–Trinajstić information content (AvgIpc) is 3.40. The van der Waals surface area contributed by atoms with Crippen LogP contribution >= 0.6 is 0 Å². The number of hydrogen-bond acceptors (Lipinski definition) is 2. The molecular weight excluding hydrogens is 368 g/mol. The molecule has 2 saturated carbocycles. The van der Waals surface area contributed by atoms with Crippen molar-refractivity contribution < 1.29 is 9.31 Å². The first-order valence-electron chi connectivity index (χ1n) is 12.6. The van der Waals surface area contributed by atoms with Gasteiger partial charge in [-0.2, -0.15) is 4.58 Å². The molecule has 1 saturated heterocycles. The number of ether oxygens (including phenoxy) is 1. The zero-order valence-electron chi connectivity index (χ0n) is 18.7. The minimum atomic E-state index is 0.241. The van der Waals surface area contributed by atoms with E-state index in [0.717, 1.165) is 32.2 Å². The van der Waals surface area contributed by atoms with Gasteiger partial charge in [-0.3, -0.25) is 0 Å². The standard InChI is InChI=1S/C27H39N2O/c1-6-15-27(16-7-1)24-12-4-5-13-25(24)29(17-8-11-23-9-2-3-10-23)26(27)14-18-28-19-21-30-22-20-28/h4-5,12-14,18,23H,1-3,6-11,15-17,19-22H2/q+1. The zero-order valence-corrected chi connectivity index (χ0v) is 18.7. The predicted octanol–water partition coefficient (Wildman–Crippen LogP) is 5.80. The van der Waals surface area contributed by atoms with E-state index in [0.29, 0.717) is 0 Å². The molecule has 1 spiro atoms. The minimum Gasteiger partial charge on any atom is -0.378 e. The zero-order chi connectivity index (χ0) is 20.2. The highest BCUT2D eigenvalue weighted by atomic mass is 16.5. The van der Waals surface area contributed by atoms with Gasteiger partial charge in [0.1, 0.15) is 6.54 Å². The Morgan fingerprint density at radius 2 is 1.77 bits per heavy atom. The number of para-hydroxylation sites is 1. The largest absolute Gasteiger partial charge is 0.378 e. The van der Waals surface area contributed by atoms with Crippen LogP contribution in [0.2, 0.25) is 0 Å². The van der Waals surface area contributed by atoms with E-state index in [9.17, 15) is 0 Å². The molecule has 0 unspecified atom stereocenters. The third-order valence-corrected chi connectivity index (χ3v) is 8.16. The third-order valence-electron chi connectivity index (χ3n) is 8.16. The van der Waals surface area contributed by atoms with E-state index in [4.69, 9.17) is 4.74 Å². The fraction of sp³-hybridized carbons (Fsp3) is 0.667. The second-order valence-corrected chi connectivity index (χ2v) is 9.95. The molecule has 4 aliphatic rings. The molecule has 1 aromatic carbocycles. The Labute approximate surface area is 182 Å². The van der Waals surface area contributed by atoms with Crippen molar-refractivity contribution in [1.29, 1.82) is 0 Å². The van der Waals surface area contributed by atoms with Gasteiger partial charge in [-0.1, -0.05) is 63.1 Å². The van der Waals surface area contributed by atoms with E-state index in [1.54, 1.807) is 11.3 Å². The van der Waals surface area contributed by atoms with Crippen molar-refractivity contribution >= 4 is 11.4 Å². The summed E-state index contributed by atoms with van der Waals surface area (Å²) in [5.41, 5.74) is 4.92. The Kier molecular flexibility index (Phi) is 6.27. The fourth-order valence-corrected chi connectivity index (χ4v) is 6.55. The Balaban J connectivity index is 1.45. The Hall–Kier alpha value is -1.61. The first-order valence-corrected chi connectivity index (χ1v) is 12.6. The number of morpholine rings is 1. The van der Waals surface area contributed by atoms with Gasteiger partial charge in [0.25, 0.3) is 0 Å². The summed E-state index contributed by atoms with van der Waals surface area (Å²) in [6.07, 6.45) is 20.2. The van der Waals surface area contributed by atoms with Crippen LogP contribution in [-0.4, -0.2) is 48.0 Å². The summed E-state index contributed by atoms with van der Waals surface area (Å²) in [4.78, 5) is 2.45. The van der Waals surface area contributed by atoms with Crippen molar-refractivity contribution in [2.75, 3.05) is 32.8 Å². The van der Waals surface area contributed by atoms with Crippen molar-refractivity contribution in [2.45, 2.75) is 76.0 Å². The molecule has 3 nitrogen and oxygen atoms in total. The second-order valence-electron chi connectivity index (χ2n) is 9.95. The average molecular weight is 408 g/mol. The lowest BCUT2D eigenvalue weighted by Crippen LogP contribution is -2.38. The summed E-state index contributed by atoms with van der Waals surface area (Å²) in [5.74, 6) is 0.985. The summed E-state index contributed by atoms with van der Waals surface area (Å²) in [5, 5.41) is 0. The molecule has 2 aliphatic carbocycles. The highest BCUT2D eigenvalue weighted by Crippen LogP contribution is 2.49. The van der Waals surface area contributed by atoms with Crippen molar-refractivity contribution in [3.8, 4) is 0 Å². The maximum Gasteiger partial charge on any atom is 0.209 e. The molecule has 3 fully saturated rings. The summed E-state index contributed by atoms with van der Waals surface area (Å²) >= 11 is 0. The highest BCUT2D eigenvalue weighted by Gasteiger charge is 2.51. The predicted molar refractivity (Wildman–Crippen MR) is 124 cm³/mol. The summed E-state index contributed by atoms with van der Waals surface area (Å²) in [6, 6.07) is 9.32. The maximum atomic E-state index is 5.56. The van der Waals surface area contributed by atoms with Gasteiger partial charge < -0.3 is 9.64 Å². The quantitative estimate of drug-likeness (QED) is 0.554. The van der Waals surface area contributed by atoms with Gasteiger partial charge >= 0.3 is 0 Å². The number of rotatable bonds is 6. The molecule has 162 valence electrons. The molecule has 0 bridgehead atoms. The molecule has 1 aromatic rings. The lowest BCUT2D eigenvalue weighted by Gasteiger charge is -2.32. The first-order chi connectivity index (χ1) is 14.9. The highest BCUT2D eigenvalue weighted by molar-refractivity contribution is 6.03. The monoisotopic (exact) mass is 407 g/mol. The normalized spacial score (nSPS) is 24.3. The van der Waals surface area contributed by atoms with Crippen molar-refractivity contribution in [2.24, 2.45) is 5.92 Å². The first kappa shape index (κ1) is 20.3. The van der Waals surface area contributed by atoms with Crippen LogP contribution in [0.1, 0.15) is 76.2 Å². The van der Waals surface area contributed by atoms with Crippen LogP contribution in [0.15, 0.2) is 36.5 Å². The molecule has 0 atom stereocenters. The van der Waals surface area contributed by atoms with Crippen LogP contribution in [0.3, 0.4) is 0 Å². The van der Waals surface area contributed by atoms with Gasteiger partial charge in [-0.05, 0) is 25.2 Å². The molecule has 0 amide bonds. The van der Waals surface area contributed by atoms with Crippen molar-refractivity contribution in [3.63, 3.8) is 0 Å². The van der Waals surface area contributed by atoms with Crippen LogP contribution < -0.4 is 0 Å². The van der Waals surface area contributed by atoms with E-state index < -0.39 is 0 Å². The number of hydrogen-bond donors (Lipinski definition) is 0. The number of benzene rings is 1. The van der Waals surface area contributed by atoms with Crippen LogP contribution in [-0.2, 0) is 10.2 Å². The third kappa shape index (κ3) is 3.98. The molecule has 0 N–H and O–H groups in total. The summed E-state index contributed by atoms with van der Waals surface area (Å²) in [7, 11) is 0. The molecular formula is C27H39N2O+. The minimum absolute atomic E-state index is 0.241. The van der Waals surface area contributed by atoms with Crippen LogP contribution in [0, 0.1) is 5.92 Å². The summed E-state index contributed by atoms with van der Waals surface area (Å²) in [6.45, 7) is 4.93. The molecule has 5 rings (SSSR count). The molecule has 3 heteroatoms. The Morgan fingerprint density at radius 3 is 2.57 bits per heavy atom. The molecule has 0 aromatic heterocycles. The Bertz CT molecular complexity index is 778. The fourth-order valence-electron chi connectivity index (χ4n) is 6.55. The Morgan fingerprint density at radius 1 is 1.00 bits per heavy atom. The van der Waals surface area contributed by atoms with Gasteiger partial charge in [-0.15, -0.1) is 0 Å². The van der Waals surface area contributed by atoms with E-state index in [1.807, 2.05) is 0 Å². The van der Waals surface area contributed by atoms with Gasteiger partial charge in [0.05, 0.1) is 18.6 Å². The van der Waals surface area contributed by atoms with Gasteiger partial charge in [-0.25, -0.2) is 0 Å². The van der Waals surface area contributed by atoms with Crippen LogP contribution in [0.5, 0.6) is 0 Å². The summed E-state index contributed by atoms with van der Waals surface area (Å²) < 4.78 is 8.28. The molecule has 0 radical (unpaired) electrons. The molecule has 2 heterocycles. The number of allylic oxidation sites excluding steroid dienone is 1. The number of fused-ring (bicyclic) bond motifs is 2. The molecule has 2 aliphatic heterocycles. The lowest BCUT2D eigenvalue weighted by atomic mass is 9.67. The SMILES string of the molecule is C(=C\N1CCOCC1)/C1=[N+](CCCC2CCCC2)c2ccccc2C12CCCCC2.